The Bertz CT molecular complexity index is 1160. The SMILES string of the molecule is CCCCCC/C=C/CCCCCCCCCCCC(=O)OC[C@@H](COP(=O)(O)OC1C(O)C(O)C(O)[C@H](O)C1O)OC(=O)CCCCCCCCCCCCCCCCCCC. The summed E-state index contributed by atoms with van der Waals surface area (Å²) in [5.41, 5.74) is 0. The Hall–Kier alpha value is -1.41. The van der Waals surface area contributed by atoms with E-state index >= 15 is 0 Å². The molecule has 0 saturated heterocycles. The molecule has 1 fully saturated rings. The highest BCUT2D eigenvalue weighted by atomic mass is 31.2. The van der Waals surface area contributed by atoms with Crippen LogP contribution in [0, 0.1) is 0 Å². The van der Waals surface area contributed by atoms with Crippen LogP contribution in [0.5, 0.6) is 0 Å². The van der Waals surface area contributed by atoms with Crippen LogP contribution in [-0.2, 0) is 32.7 Å². The second kappa shape index (κ2) is 39.7. The van der Waals surface area contributed by atoms with E-state index in [0.717, 1.165) is 44.9 Å². The first-order valence-corrected chi connectivity index (χ1v) is 27.0. The summed E-state index contributed by atoms with van der Waals surface area (Å²) in [4.78, 5) is 35.8. The molecule has 0 heterocycles. The minimum atomic E-state index is -5.12. The van der Waals surface area contributed by atoms with E-state index in [9.17, 15) is 44.6 Å². The third-order valence-corrected chi connectivity index (χ3v) is 13.1. The summed E-state index contributed by atoms with van der Waals surface area (Å²) in [5, 5.41) is 50.2. The predicted octanol–water partition coefficient (Wildman–Crippen LogP) is 10.6. The van der Waals surface area contributed by atoms with E-state index in [1.54, 1.807) is 0 Å². The van der Waals surface area contributed by atoms with Crippen molar-refractivity contribution in [1.82, 2.24) is 0 Å². The minimum absolute atomic E-state index is 0.103. The molecular formula is C49H93O13P. The van der Waals surface area contributed by atoms with E-state index in [0.29, 0.717) is 12.8 Å². The van der Waals surface area contributed by atoms with Gasteiger partial charge in [0.1, 0.15) is 43.2 Å². The highest BCUT2D eigenvalue weighted by Gasteiger charge is 2.51. The summed E-state index contributed by atoms with van der Waals surface area (Å²) in [6.07, 6.45) is 29.7. The summed E-state index contributed by atoms with van der Waals surface area (Å²) in [6.45, 7) is 3.32. The number of phosphoric ester groups is 1. The van der Waals surface area contributed by atoms with Gasteiger partial charge in [-0.05, 0) is 38.5 Å². The Morgan fingerprint density at radius 2 is 0.810 bits per heavy atom. The number of esters is 2. The number of aliphatic hydroxyl groups excluding tert-OH is 5. The third kappa shape index (κ3) is 32.0. The predicted molar refractivity (Wildman–Crippen MR) is 249 cm³/mol. The number of hydrogen-bond acceptors (Lipinski definition) is 12. The van der Waals surface area contributed by atoms with Gasteiger partial charge in [0.2, 0.25) is 0 Å². The molecular weight excluding hydrogens is 827 g/mol. The Morgan fingerprint density at radius 1 is 0.476 bits per heavy atom. The lowest BCUT2D eigenvalue weighted by Gasteiger charge is -2.41. The van der Waals surface area contributed by atoms with Crippen LogP contribution in [0.2, 0.25) is 0 Å². The number of aliphatic hydroxyl groups is 5. The number of allylic oxidation sites excluding steroid dienone is 2. The number of carbonyl (C=O) groups is 2. The highest BCUT2D eigenvalue weighted by molar-refractivity contribution is 7.47. The lowest BCUT2D eigenvalue weighted by molar-refractivity contribution is -0.220. The van der Waals surface area contributed by atoms with Crippen LogP contribution in [0.15, 0.2) is 12.2 Å². The van der Waals surface area contributed by atoms with E-state index in [1.165, 1.54) is 148 Å². The first kappa shape index (κ1) is 59.6. The number of carbonyl (C=O) groups excluding carboxylic acids is 2. The van der Waals surface area contributed by atoms with Crippen LogP contribution >= 0.6 is 7.82 Å². The van der Waals surface area contributed by atoms with Crippen LogP contribution in [0.1, 0.15) is 232 Å². The zero-order valence-corrected chi connectivity index (χ0v) is 40.5. The average molecular weight is 921 g/mol. The first-order chi connectivity index (χ1) is 30.4. The van der Waals surface area contributed by atoms with Crippen LogP contribution in [0.25, 0.3) is 0 Å². The Kier molecular flexibility index (Phi) is 37.6. The number of ether oxygens (including phenoxy) is 2. The van der Waals surface area contributed by atoms with Crippen molar-refractivity contribution in [2.45, 2.75) is 275 Å². The van der Waals surface area contributed by atoms with Crippen molar-refractivity contribution in [3.05, 3.63) is 12.2 Å². The molecule has 0 aromatic heterocycles. The molecule has 1 saturated carbocycles. The fourth-order valence-corrected chi connectivity index (χ4v) is 8.96. The monoisotopic (exact) mass is 921 g/mol. The molecule has 372 valence electrons. The Balaban J connectivity index is 2.40. The van der Waals surface area contributed by atoms with E-state index in [4.69, 9.17) is 18.5 Å². The summed E-state index contributed by atoms with van der Waals surface area (Å²) in [7, 11) is -5.12. The van der Waals surface area contributed by atoms with Gasteiger partial charge in [0.05, 0.1) is 6.61 Å². The number of rotatable bonds is 43. The molecule has 0 spiro atoms. The molecule has 0 aromatic rings. The van der Waals surface area contributed by atoms with Gasteiger partial charge in [-0.1, -0.05) is 193 Å². The Morgan fingerprint density at radius 3 is 1.22 bits per heavy atom. The quantitative estimate of drug-likeness (QED) is 0.0146. The van der Waals surface area contributed by atoms with Crippen molar-refractivity contribution in [3.8, 4) is 0 Å². The molecule has 0 aliphatic heterocycles. The van der Waals surface area contributed by atoms with Crippen LogP contribution in [0.4, 0.5) is 0 Å². The van der Waals surface area contributed by atoms with Gasteiger partial charge in [-0.3, -0.25) is 18.6 Å². The lowest BCUT2D eigenvalue weighted by atomic mass is 9.85. The molecule has 0 radical (unpaired) electrons. The number of phosphoric acid groups is 1. The number of unbranched alkanes of at least 4 members (excludes halogenated alkanes) is 29. The van der Waals surface area contributed by atoms with Crippen molar-refractivity contribution < 1.29 is 63.1 Å². The minimum Gasteiger partial charge on any atom is -0.462 e. The summed E-state index contributed by atoms with van der Waals surface area (Å²) in [5.74, 6) is -1.09. The smallest absolute Gasteiger partial charge is 0.462 e. The first-order valence-electron chi connectivity index (χ1n) is 25.5. The fraction of sp³-hybridized carbons (Fsp3) is 0.918. The molecule has 1 aliphatic carbocycles. The second-order valence-corrected chi connectivity index (χ2v) is 19.4. The Labute approximate surface area is 382 Å². The van der Waals surface area contributed by atoms with Gasteiger partial charge >= 0.3 is 19.8 Å². The van der Waals surface area contributed by atoms with E-state index in [-0.39, 0.29) is 12.8 Å². The summed E-state index contributed by atoms with van der Waals surface area (Å²) >= 11 is 0. The molecule has 14 heteroatoms. The fourth-order valence-electron chi connectivity index (χ4n) is 7.99. The van der Waals surface area contributed by atoms with E-state index < -0.39 is 75.7 Å². The van der Waals surface area contributed by atoms with Gasteiger partial charge < -0.3 is 39.9 Å². The number of hydrogen-bond donors (Lipinski definition) is 6. The standard InChI is InChI=1S/C49H93O13P/c1-3-5-7-9-11-13-15-17-19-21-23-25-27-29-31-33-35-37-42(50)59-39-41(40-60-63(57,58)62-49-47(55)45(53)44(52)46(54)48(49)56)61-43(51)38-36-34-32-30-28-26-24-22-20-18-16-14-12-10-8-6-4-2/h13,15,41,44-49,52-56H,3-12,14,16-40H2,1-2H3,(H,57,58)/b15-13+/t41-,44?,45-,46?,47?,48?,49?/m0/s1. The molecule has 6 unspecified atom stereocenters. The van der Waals surface area contributed by atoms with Gasteiger partial charge in [0.15, 0.2) is 6.10 Å². The molecule has 1 aliphatic rings. The van der Waals surface area contributed by atoms with Gasteiger partial charge in [-0.2, -0.15) is 0 Å². The molecule has 8 atom stereocenters. The zero-order chi connectivity index (χ0) is 46.4. The molecule has 63 heavy (non-hydrogen) atoms. The maximum absolute atomic E-state index is 12.8. The van der Waals surface area contributed by atoms with Gasteiger partial charge in [-0.15, -0.1) is 0 Å². The second-order valence-electron chi connectivity index (χ2n) is 18.0. The van der Waals surface area contributed by atoms with E-state index in [2.05, 4.69) is 26.0 Å². The maximum Gasteiger partial charge on any atom is 0.472 e. The van der Waals surface area contributed by atoms with Crippen molar-refractivity contribution in [3.63, 3.8) is 0 Å². The summed E-state index contributed by atoms with van der Waals surface area (Å²) < 4.78 is 33.6. The van der Waals surface area contributed by atoms with Crippen LogP contribution < -0.4 is 0 Å². The summed E-state index contributed by atoms with van der Waals surface area (Å²) in [6, 6.07) is 0. The molecule has 6 N–H and O–H groups in total. The van der Waals surface area contributed by atoms with Gasteiger partial charge in [0, 0.05) is 12.8 Å². The zero-order valence-electron chi connectivity index (χ0n) is 39.6. The van der Waals surface area contributed by atoms with Crippen LogP contribution in [0.3, 0.4) is 0 Å². The molecule has 0 amide bonds. The van der Waals surface area contributed by atoms with Crippen molar-refractivity contribution >= 4 is 19.8 Å². The van der Waals surface area contributed by atoms with Crippen molar-refractivity contribution in [2.75, 3.05) is 13.2 Å². The largest absolute Gasteiger partial charge is 0.472 e. The highest BCUT2D eigenvalue weighted by Crippen LogP contribution is 2.47. The molecule has 13 nitrogen and oxygen atoms in total. The molecule has 0 aromatic carbocycles. The molecule has 1 rings (SSSR count). The van der Waals surface area contributed by atoms with Crippen LogP contribution in [-0.4, -0.2) is 98.3 Å². The maximum atomic E-state index is 12.8. The van der Waals surface area contributed by atoms with E-state index in [1.807, 2.05) is 0 Å². The van der Waals surface area contributed by atoms with Crippen molar-refractivity contribution in [2.24, 2.45) is 0 Å². The normalized spacial score (nSPS) is 21.7. The van der Waals surface area contributed by atoms with Gasteiger partial charge in [-0.25, -0.2) is 4.57 Å². The average Bonchev–Trinajstić information content (AvgIpc) is 3.26. The third-order valence-electron chi connectivity index (χ3n) is 12.1. The molecule has 0 bridgehead atoms. The van der Waals surface area contributed by atoms with Crippen molar-refractivity contribution in [1.29, 1.82) is 0 Å². The lowest BCUT2D eigenvalue weighted by Crippen LogP contribution is -2.64. The van der Waals surface area contributed by atoms with Gasteiger partial charge in [0.25, 0.3) is 0 Å². The topological polar surface area (TPSA) is 210 Å².